The Hall–Kier alpha value is -3.04. The van der Waals surface area contributed by atoms with Crippen LogP contribution in [0.25, 0.3) is 0 Å². The molecule has 10 heteroatoms. The van der Waals surface area contributed by atoms with Gasteiger partial charge in [0.15, 0.2) is 0 Å². The number of hydrogen-bond donors (Lipinski definition) is 0. The van der Waals surface area contributed by atoms with Gasteiger partial charge in [-0.25, -0.2) is 9.98 Å². The third-order valence-electron chi connectivity index (χ3n) is 4.68. The molecule has 0 radical (unpaired) electrons. The fourth-order valence-electron chi connectivity index (χ4n) is 3.18. The molecule has 0 N–H and O–H groups in total. The van der Waals surface area contributed by atoms with Crippen molar-refractivity contribution in [3.05, 3.63) is 65.7 Å². The minimum Gasteiger partial charge on any atom is -0.497 e. The molecule has 166 valence electrons. The molecule has 31 heavy (non-hydrogen) atoms. The van der Waals surface area contributed by atoms with E-state index in [1.807, 2.05) is 0 Å². The maximum absolute atomic E-state index is 13.9. The third-order valence-corrected chi connectivity index (χ3v) is 4.68. The van der Waals surface area contributed by atoms with Gasteiger partial charge in [0.1, 0.15) is 17.4 Å². The Balaban J connectivity index is 2.36. The van der Waals surface area contributed by atoms with Crippen molar-refractivity contribution in [3.63, 3.8) is 0 Å². The van der Waals surface area contributed by atoms with Gasteiger partial charge in [-0.15, -0.1) is 0 Å². The van der Waals surface area contributed by atoms with Crippen LogP contribution in [0.2, 0.25) is 0 Å². The van der Waals surface area contributed by atoms with Crippen molar-refractivity contribution in [1.82, 2.24) is 4.90 Å². The Kier molecular flexibility index (Phi) is 5.77. The van der Waals surface area contributed by atoms with E-state index in [9.17, 15) is 26.3 Å². The zero-order valence-electron chi connectivity index (χ0n) is 16.8. The molecular formula is C21H19F6N3O. The maximum Gasteiger partial charge on any atom is 0.443 e. The van der Waals surface area contributed by atoms with Crippen LogP contribution in [-0.4, -0.2) is 47.7 Å². The van der Waals surface area contributed by atoms with Crippen LogP contribution in [0.15, 0.2) is 64.6 Å². The number of alkyl halides is 6. The molecule has 1 aliphatic rings. The Morgan fingerprint density at radius 2 is 1.23 bits per heavy atom. The van der Waals surface area contributed by atoms with E-state index in [4.69, 9.17) is 4.74 Å². The molecule has 4 nitrogen and oxygen atoms in total. The molecule has 0 atom stereocenters. The predicted molar refractivity (Wildman–Crippen MR) is 104 cm³/mol. The smallest absolute Gasteiger partial charge is 0.443 e. The van der Waals surface area contributed by atoms with E-state index in [-0.39, 0.29) is 11.1 Å². The Morgan fingerprint density at radius 1 is 0.774 bits per heavy atom. The van der Waals surface area contributed by atoms with Gasteiger partial charge in [-0.2, -0.15) is 26.3 Å². The van der Waals surface area contributed by atoms with E-state index in [2.05, 4.69) is 9.98 Å². The van der Waals surface area contributed by atoms with Crippen LogP contribution >= 0.6 is 0 Å². The van der Waals surface area contributed by atoms with Crippen molar-refractivity contribution >= 4 is 11.7 Å². The standard InChI is InChI=1S/C21H19F6N3O/c1-13(2)30-17(14-7-5-4-6-8-14)28-19(20(22,23)24,21(25,26)27)29-18(30)15-9-11-16(31-3)12-10-15/h4-13H,1-3H3. The highest BCUT2D eigenvalue weighted by atomic mass is 19.4. The largest absolute Gasteiger partial charge is 0.497 e. The fraction of sp³-hybridized carbons (Fsp3) is 0.333. The Labute approximate surface area is 174 Å². The monoisotopic (exact) mass is 443 g/mol. The summed E-state index contributed by atoms with van der Waals surface area (Å²) in [5.74, 6) is -0.557. The lowest BCUT2D eigenvalue weighted by atomic mass is 10.0. The second-order valence-corrected chi connectivity index (χ2v) is 7.10. The molecular weight excluding hydrogens is 424 g/mol. The summed E-state index contributed by atoms with van der Waals surface area (Å²) in [6, 6.07) is 12.5. The van der Waals surface area contributed by atoms with E-state index in [1.165, 1.54) is 60.5 Å². The van der Waals surface area contributed by atoms with Gasteiger partial charge < -0.3 is 9.64 Å². The van der Waals surface area contributed by atoms with Crippen molar-refractivity contribution in [1.29, 1.82) is 0 Å². The summed E-state index contributed by atoms with van der Waals surface area (Å²) in [6.07, 6.45) is -11.6. The number of hydrogen-bond acceptors (Lipinski definition) is 4. The van der Waals surface area contributed by atoms with Crippen molar-refractivity contribution in [3.8, 4) is 5.75 Å². The molecule has 0 amide bonds. The summed E-state index contributed by atoms with van der Waals surface area (Å²) in [6.45, 7) is 3.26. The first-order valence-electron chi connectivity index (χ1n) is 9.23. The third kappa shape index (κ3) is 3.98. The van der Waals surface area contributed by atoms with E-state index in [1.54, 1.807) is 19.9 Å². The van der Waals surface area contributed by atoms with Crippen LogP contribution in [0.4, 0.5) is 26.3 Å². The number of amidine groups is 2. The van der Waals surface area contributed by atoms with Crippen LogP contribution in [-0.2, 0) is 0 Å². The van der Waals surface area contributed by atoms with Crippen LogP contribution < -0.4 is 4.74 Å². The Bertz CT molecular complexity index is 965. The molecule has 3 rings (SSSR count). The summed E-state index contributed by atoms with van der Waals surface area (Å²) < 4.78 is 88.7. The fourth-order valence-corrected chi connectivity index (χ4v) is 3.18. The van der Waals surface area contributed by atoms with Crippen LogP contribution in [0.3, 0.4) is 0 Å². The van der Waals surface area contributed by atoms with E-state index in [0.717, 1.165) is 0 Å². The van der Waals surface area contributed by atoms with Gasteiger partial charge in [0, 0.05) is 17.2 Å². The normalized spacial score (nSPS) is 16.8. The summed E-state index contributed by atoms with van der Waals surface area (Å²) in [5.41, 5.74) is -4.46. The van der Waals surface area contributed by atoms with Gasteiger partial charge in [-0.1, -0.05) is 30.3 Å². The van der Waals surface area contributed by atoms with E-state index in [0.29, 0.717) is 5.75 Å². The van der Waals surface area contributed by atoms with Crippen molar-refractivity contribution in [2.45, 2.75) is 37.9 Å². The first kappa shape index (κ1) is 22.6. The molecule has 0 bridgehead atoms. The minimum absolute atomic E-state index is 0.0655. The number of rotatable bonds is 4. The summed E-state index contributed by atoms with van der Waals surface area (Å²) in [5, 5.41) is 0. The van der Waals surface area contributed by atoms with Crippen molar-refractivity contribution in [2.75, 3.05) is 7.11 Å². The summed E-state index contributed by atoms with van der Waals surface area (Å²) >= 11 is 0. The second-order valence-electron chi connectivity index (χ2n) is 7.10. The molecule has 0 unspecified atom stereocenters. The highest BCUT2D eigenvalue weighted by molar-refractivity contribution is 6.16. The van der Waals surface area contributed by atoms with Crippen LogP contribution in [0.5, 0.6) is 5.75 Å². The molecule has 0 aromatic heterocycles. The lowest BCUT2D eigenvalue weighted by Crippen LogP contribution is -2.60. The molecule has 2 aromatic rings. The SMILES string of the molecule is COc1ccc(C2=NC(C(F)(F)F)(C(F)(F)F)N=C(c3ccccc3)N2C(C)C)cc1. The van der Waals surface area contributed by atoms with Gasteiger partial charge in [-0.05, 0) is 38.1 Å². The van der Waals surface area contributed by atoms with Crippen molar-refractivity contribution < 1.29 is 31.1 Å². The lowest BCUT2D eigenvalue weighted by Gasteiger charge is -2.41. The summed E-state index contributed by atoms with van der Waals surface area (Å²) in [4.78, 5) is 7.71. The highest BCUT2D eigenvalue weighted by Gasteiger charge is 2.74. The number of aliphatic imine (C=N–C) groups is 2. The van der Waals surface area contributed by atoms with Gasteiger partial charge >= 0.3 is 18.0 Å². The zero-order chi connectivity index (χ0) is 23.0. The molecule has 0 aliphatic carbocycles. The molecule has 0 spiro atoms. The average molecular weight is 443 g/mol. The average Bonchev–Trinajstić information content (AvgIpc) is 2.71. The van der Waals surface area contributed by atoms with Gasteiger partial charge in [-0.3, -0.25) is 0 Å². The molecule has 2 aromatic carbocycles. The minimum atomic E-state index is -5.81. The number of benzene rings is 2. The number of ether oxygens (including phenoxy) is 1. The zero-order valence-corrected chi connectivity index (χ0v) is 16.8. The molecule has 1 heterocycles. The maximum atomic E-state index is 13.9. The molecule has 0 saturated heterocycles. The van der Waals surface area contributed by atoms with Crippen LogP contribution in [0, 0.1) is 0 Å². The quantitative estimate of drug-likeness (QED) is 0.591. The molecule has 1 aliphatic heterocycles. The summed E-state index contributed by atoms with van der Waals surface area (Å²) in [7, 11) is 1.39. The van der Waals surface area contributed by atoms with Gasteiger partial charge in [0.05, 0.1) is 7.11 Å². The first-order valence-corrected chi connectivity index (χ1v) is 9.23. The topological polar surface area (TPSA) is 37.2 Å². The van der Waals surface area contributed by atoms with Gasteiger partial charge in [0.2, 0.25) is 0 Å². The number of halogens is 6. The molecule has 0 fully saturated rings. The lowest BCUT2D eigenvalue weighted by molar-refractivity contribution is -0.293. The number of methoxy groups -OCH3 is 1. The first-order chi connectivity index (χ1) is 14.4. The molecule has 0 saturated carbocycles. The predicted octanol–water partition coefficient (Wildman–Crippen LogP) is 5.43. The van der Waals surface area contributed by atoms with Gasteiger partial charge in [0.25, 0.3) is 0 Å². The highest BCUT2D eigenvalue weighted by Crippen LogP contribution is 2.49. The van der Waals surface area contributed by atoms with E-state index >= 15 is 0 Å². The van der Waals surface area contributed by atoms with Crippen molar-refractivity contribution in [2.24, 2.45) is 9.98 Å². The number of nitrogens with zero attached hydrogens (tertiary/aromatic N) is 3. The van der Waals surface area contributed by atoms with E-state index < -0.39 is 35.7 Å². The second kappa shape index (κ2) is 7.90. The van der Waals surface area contributed by atoms with Crippen LogP contribution in [0.1, 0.15) is 25.0 Å². The Morgan fingerprint density at radius 3 is 1.61 bits per heavy atom.